The molecular formula is C21H23F4N3O3S. The number of amides is 2. The van der Waals surface area contributed by atoms with Gasteiger partial charge in [-0.2, -0.15) is 13.2 Å². The fourth-order valence-corrected chi connectivity index (χ4v) is 4.04. The van der Waals surface area contributed by atoms with Gasteiger partial charge in [-0.1, -0.05) is 20.8 Å². The number of hydrogen-bond acceptors (Lipinski definition) is 5. The summed E-state index contributed by atoms with van der Waals surface area (Å²) in [4.78, 5) is 29.8. The van der Waals surface area contributed by atoms with Gasteiger partial charge in [-0.3, -0.25) is 9.59 Å². The molecule has 0 saturated carbocycles. The van der Waals surface area contributed by atoms with Crippen molar-refractivity contribution >= 4 is 34.5 Å². The molecule has 0 bridgehead atoms. The first kappa shape index (κ1) is 24.0. The molecule has 0 spiro atoms. The van der Waals surface area contributed by atoms with E-state index in [1.165, 1.54) is 17.9 Å². The Morgan fingerprint density at radius 3 is 2.53 bits per heavy atom. The highest BCUT2D eigenvalue weighted by Crippen LogP contribution is 2.43. The van der Waals surface area contributed by atoms with Crippen LogP contribution in [0.15, 0.2) is 12.3 Å². The number of ether oxygens (including phenoxy) is 1. The van der Waals surface area contributed by atoms with Crippen LogP contribution >= 0.6 is 11.3 Å². The lowest BCUT2D eigenvalue weighted by Gasteiger charge is -2.34. The number of rotatable bonds is 4. The van der Waals surface area contributed by atoms with Crippen molar-refractivity contribution in [1.82, 2.24) is 4.98 Å². The normalized spacial score (nSPS) is 16.6. The Labute approximate surface area is 186 Å². The minimum Gasteiger partial charge on any atom is -0.476 e. The van der Waals surface area contributed by atoms with Crippen LogP contribution in [-0.2, 0) is 22.3 Å². The van der Waals surface area contributed by atoms with Gasteiger partial charge in [0.15, 0.2) is 22.7 Å². The van der Waals surface area contributed by atoms with Crippen LogP contribution in [0.2, 0.25) is 0 Å². The number of benzene rings is 1. The van der Waals surface area contributed by atoms with E-state index in [0.717, 1.165) is 6.20 Å². The average molecular weight is 473 g/mol. The number of thiazole rings is 1. The molecule has 2 heterocycles. The fraction of sp³-hybridized carbons (Fsp3) is 0.476. The van der Waals surface area contributed by atoms with Crippen LogP contribution in [0.3, 0.4) is 0 Å². The Bertz CT molecular complexity index is 1060. The van der Waals surface area contributed by atoms with Crippen LogP contribution in [0, 0.1) is 18.2 Å². The maximum atomic E-state index is 15.3. The zero-order valence-electron chi connectivity index (χ0n) is 18.2. The highest BCUT2D eigenvalue weighted by atomic mass is 32.1. The van der Waals surface area contributed by atoms with Crippen molar-refractivity contribution in [2.75, 3.05) is 10.2 Å². The van der Waals surface area contributed by atoms with E-state index in [9.17, 15) is 22.8 Å². The molecule has 174 valence electrons. The zero-order chi connectivity index (χ0) is 24.0. The number of halogens is 4. The van der Waals surface area contributed by atoms with Crippen molar-refractivity contribution in [2.45, 2.75) is 59.9 Å². The molecule has 1 aromatic carbocycles. The van der Waals surface area contributed by atoms with E-state index in [-0.39, 0.29) is 46.3 Å². The molecule has 1 aliphatic heterocycles. The lowest BCUT2D eigenvalue weighted by molar-refractivity contribution is -0.137. The second kappa shape index (κ2) is 8.34. The molecule has 0 radical (unpaired) electrons. The van der Waals surface area contributed by atoms with E-state index >= 15 is 4.39 Å². The predicted molar refractivity (Wildman–Crippen MR) is 112 cm³/mol. The molecule has 0 aliphatic carbocycles. The van der Waals surface area contributed by atoms with Crippen LogP contribution in [0.4, 0.5) is 28.9 Å². The van der Waals surface area contributed by atoms with Gasteiger partial charge in [-0.15, -0.1) is 11.3 Å². The average Bonchev–Trinajstić information content (AvgIpc) is 3.11. The van der Waals surface area contributed by atoms with E-state index in [4.69, 9.17) is 4.74 Å². The zero-order valence-corrected chi connectivity index (χ0v) is 19.0. The van der Waals surface area contributed by atoms with Crippen molar-refractivity contribution < 1.29 is 31.9 Å². The van der Waals surface area contributed by atoms with Gasteiger partial charge in [0.2, 0.25) is 5.91 Å². The van der Waals surface area contributed by atoms with Gasteiger partial charge in [0.05, 0.1) is 17.9 Å². The van der Waals surface area contributed by atoms with Gasteiger partial charge >= 0.3 is 6.18 Å². The summed E-state index contributed by atoms with van der Waals surface area (Å²) in [7, 11) is 0. The van der Waals surface area contributed by atoms with Crippen LogP contribution in [0.1, 0.15) is 49.6 Å². The SMILES string of the molecule is Cc1cc2c(c(F)c1NC(=O)CC(C)(C)C)O[C@@H](C)C(=O)N2Cc1cnc(C(F)(F)F)s1. The molecule has 0 fully saturated rings. The molecule has 11 heteroatoms. The van der Waals surface area contributed by atoms with E-state index in [2.05, 4.69) is 10.3 Å². The number of anilines is 2. The first-order valence-corrected chi connectivity index (χ1v) is 10.6. The smallest absolute Gasteiger partial charge is 0.443 e. The number of nitrogens with zero attached hydrogens (tertiary/aromatic N) is 2. The Morgan fingerprint density at radius 2 is 1.97 bits per heavy atom. The molecule has 1 N–H and O–H groups in total. The van der Waals surface area contributed by atoms with Crippen LogP contribution in [0.5, 0.6) is 5.75 Å². The van der Waals surface area contributed by atoms with Gasteiger partial charge in [0.25, 0.3) is 5.91 Å². The number of hydrogen-bond donors (Lipinski definition) is 1. The molecule has 1 aliphatic rings. The molecule has 1 atom stereocenters. The third-order valence-electron chi connectivity index (χ3n) is 4.66. The summed E-state index contributed by atoms with van der Waals surface area (Å²) in [6.07, 6.45) is -4.44. The number of fused-ring (bicyclic) bond motifs is 1. The van der Waals surface area contributed by atoms with Crippen molar-refractivity contribution in [3.05, 3.63) is 33.5 Å². The summed E-state index contributed by atoms with van der Waals surface area (Å²) in [5.74, 6) is -1.98. The van der Waals surface area contributed by atoms with Gasteiger partial charge in [0.1, 0.15) is 0 Å². The topological polar surface area (TPSA) is 71.5 Å². The Balaban J connectivity index is 1.96. The molecule has 1 aromatic heterocycles. The number of aromatic nitrogens is 1. The second-order valence-corrected chi connectivity index (χ2v) is 9.95. The standard InChI is InChI=1S/C21H23F4N3O3S/c1-10-6-13-17(15(22)16(10)27-14(29)7-20(3,4)5)31-11(2)18(30)28(13)9-12-8-26-19(32-12)21(23,24)25/h6,8,11H,7,9H2,1-5H3,(H,27,29)/t11-/m0/s1. The van der Waals surface area contributed by atoms with Crippen molar-refractivity contribution in [3.63, 3.8) is 0 Å². The third kappa shape index (κ3) is 5.03. The summed E-state index contributed by atoms with van der Waals surface area (Å²) in [5.41, 5.74) is 0.0660. The van der Waals surface area contributed by atoms with Crippen molar-refractivity contribution in [2.24, 2.45) is 5.41 Å². The number of nitrogens with one attached hydrogen (secondary N) is 1. The van der Waals surface area contributed by atoms with Crippen LogP contribution in [0.25, 0.3) is 0 Å². The number of carbonyl (C=O) groups excluding carboxylic acids is 2. The summed E-state index contributed by atoms with van der Waals surface area (Å²) < 4.78 is 59.5. The maximum Gasteiger partial charge on any atom is 0.443 e. The first-order valence-electron chi connectivity index (χ1n) is 9.80. The second-order valence-electron chi connectivity index (χ2n) is 8.83. The van der Waals surface area contributed by atoms with Gasteiger partial charge in [-0.05, 0) is 30.9 Å². The highest BCUT2D eigenvalue weighted by molar-refractivity contribution is 7.11. The summed E-state index contributed by atoms with van der Waals surface area (Å²) >= 11 is 0.415. The molecule has 0 unspecified atom stereocenters. The summed E-state index contributed by atoms with van der Waals surface area (Å²) in [5, 5.41) is 1.54. The molecule has 0 saturated heterocycles. The van der Waals surface area contributed by atoms with E-state index in [1.54, 1.807) is 6.92 Å². The quantitative estimate of drug-likeness (QED) is 0.612. The Hall–Kier alpha value is -2.69. The minimum atomic E-state index is -4.59. The van der Waals surface area contributed by atoms with Crippen molar-refractivity contribution in [3.8, 4) is 5.75 Å². The number of aryl methyl sites for hydroxylation is 1. The van der Waals surface area contributed by atoms with E-state index in [1.807, 2.05) is 20.8 Å². The number of carbonyl (C=O) groups is 2. The Kier molecular flexibility index (Phi) is 6.25. The van der Waals surface area contributed by atoms with E-state index in [0.29, 0.717) is 16.9 Å². The van der Waals surface area contributed by atoms with Gasteiger partial charge in [-0.25, -0.2) is 9.37 Å². The largest absolute Gasteiger partial charge is 0.476 e. The molecule has 6 nitrogen and oxygen atoms in total. The predicted octanol–water partition coefficient (Wildman–Crippen LogP) is 5.30. The highest BCUT2D eigenvalue weighted by Gasteiger charge is 2.38. The molecular weight excluding hydrogens is 450 g/mol. The minimum absolute atomic E-state index is 0.0587. The summed E-state index contributed by atoms with van der Waals surface area (Å²) in [6.45, 7) is 8.39. The summed E-state index contributed by atoms with van der Waals surface area (Å²) in [6, 6.07) is 1.47. The number of alkyl halides is 3. The van der Waals surface area contributed by atoms with Crippen molar-refractivity contribution in [1.29, 1.82) is 0 Å². The lowest BCUT2D eigenvalue weighted by atomic mass is 9.92. The Morgan fingerprint density at radius 1 is 1.31 bits per heavy atom. The monoisotopic (exact) mass is 473 g/mol. The molecule has 2 aromatic rings. The van der Waals surface area contributed by atoms with Gasteiger partial charge in [0, 0.05) is 17.5 Å². The molecule has 3 rings (SSSR count). The first-order chi connectivity index (χ1) is 14.7. The molecule has 2 amide bonds. The molecule has 32 heavy (non-hydrogen) atoms. The third-order valence-corrected chi connectivity index (χ3v) is 5.69. The maximum absolute atomic E-state index is 15.3. The fourth-order valence-electron chi connectivity index (χ4n) is 3.27. The lowest BCUT2D eigenvalue weighted by Crippen LogP contribution is -2.44. The van der Waals surface area contributed by atoms with Gasteiger partial charge < -0.3 is 15.0 Å². The van der Waals surface area contributed by atoms with E-state index < -0.39 is 29.0 Å². The van der Waals surface area contributed by atoms with Crippen LogP contribution < -0.4 is 15.0 Å². The van der Waals surface area contributed by atoms with Crippen LogP contribution in [-0.4, -0.2) is 22.9 Å².